The number of carbonyl (C=O) groups is 1. The molecule has 0 saturated carbocycles. The van der Waals surface area contributed by atoms with Crippen molar-refractivity contribution in [2.75, 3.05) is 32.7 Å². The molecule has 0 N–H and O–H groups in total. The summed E-state index contributed by atoms with van der Waals surface area (Å²) in [5.74, 6) is 0.369. The first-order chi connectivity index (χ1) is 8.36. The molecule has 2 rings (SSSR count). The van der Waals surface area contributed by atoms with Crippen molar-refractivity contribution in [1.82, 2.24) is 9.80 Å². The van der Waals surface area contributed by atoms with E-state index in [-0.39, 0.29) is 0 Å². The monoisotopic (exact) mass is 238 g/mol. The van der Waals surface area contributed by atoms with Crippen molar-refractivity contribution < 1.29 is 4.79 Å². The summed E-state index contributed by atoms with van der Waals surface area (Å²) in [6, 6.07) is 0. The van der Waals surface area contributed by atoms with E-state index in [1.165, 1.54) is 51.4 Å². The Kier molecular flexibility index (Phi) is 5.30. The van der Waals surface area contributed by atoms with Crippen molar-refractivity contribution in [3.8, 4) is 0 Å². The molecule has 98 valence electrons. The highest BCUT2D eigenvalue weighted by Gasteiger charge is 2.19. The molecule has 0 aromatic heterocycles. The minimum atomic E-state index is 0.369. The Hall–Kier alpha value is -0.570. The zero-order valence-electron chi connectivity index (χ0n) is 11.0. The molecule has 2 aliphatic heterocycles. The molecule has 3 nitrogen and oxygen atoms in total. The summed E-state index contributed by atoms with van der Waals surface area (Å²) in [5, 5.41) is 0. The summed E-state index contributed by atoms with van der Waals surface area (Å²) in [4.78, 5) is 16.7. The van der Waals surface area contributed by atoms with Crippen molar-refractivity contribution in [3.05, 3.63) is 0 Å². The lowest BCUT2D eigenvalue weighted by atomic mass is 10.2. The number of nitrogens with zero attached hydrogens (tertiary/aromatic N) is 2. The van der Waals surface area contributed by atoms with Gasteiger partial charge in [0.05, 0.1) is 6.54 Å². The van der Waals surface area contributed by atoms with Gasteiger partial charge in [-0.05, 0) is 38.8 Å². The predicted octanol–water partition coefficient (Wildman–Crippen LogP) is 2.27. The van der Waals surface area contributed by atoms with Gasteiger partial charge in [-0.3, -0.25) is 9.69 Å². The highest BCUT2D eigenvalue weighted by Crippen LogP contribution is 2.12. The van der Waals surface area contributed by atoms with Gasteiger partial charge >= 0.3 is 0 Å². The van der Waals surface area contributed by atoms with Crippen LogP contribution in [0.3, 0.4) is 0 Å². The van der Waals surface area contributed by atoms with Gasteiger partial charge in [-0.2, -0.15) is 0 Å². The van der Waals surface area contributed by atoms with Crippen molar-refractivity contribution >= 4 is 5.91 Å². The average Bonchev–Trinajstić information content (AvgIpc) is 2.72. The summed E-state index contributed by atoms with van der Waals surface area (Å²) in [6.07, 6.45) is 10.2. The van der Waals surface area contributed by atoms with E-state index in [0.29, 0.717) is 12.5 Å². The molecular formula is C14H26N2O. The van der Waals surface area contributed by atoms with Crippen LogP contribution in [0.5, 0.6) is 0 Å². The molecule has 0 radical (unpaired) electrons. The van der Waals surface area contributed by atoms with Crippen LogP contribution in [-0.4, -0.2) is 48.4 Å². The molecule has 0 spiro atoms. The molecule has 2 fully saturated rings. The molecule has 0 bridgehead atoms. The number of rotatable bonds is 2. The van der Waals surface area contributed by atoms with Crippen LogP contribution < -0.4 is 0 Å². The number of amides is 1. The molecule has 0 aromatic rings. The second-order valence-electron chi connectivity index (χ2n) is 5.49. The van der Waals surface area contributed by atoms with Crippen LogP contribution in [0, 0.1) is 0 Å². The van der Waals surface area contributed by atoms with Gasteiger partial charge in [0.2, 0.25) is 5.91 Å². The van der Waals surface area contributed by atoms with E-state index in [4.69, 9.17) is 0 Å². The number of carbonyl (C=O) groups excluding carboxylic acids is 1. The lowest BCUT2D eigenvalue weighted by molar-refractivity contribution is -0.132. The Labute approximate surface area is 105 Å². The first-order valence-electron chi connectivity index (χ1n) is 7.36. The van der Waals surface area contributed by atoms with Gasteiger partial charge in [0.25, 0.3) is 0 Å². The molecule has 0 aliphatic carbocycles. The molecule has 17 heavy (non-hydrogen) atoms. The van der Waals surface area contributed by atoms with E-state index in [1.807, 2.05) is 0 Å². The molecule has 2 saturated heterocycles. The van der Waals surface area contributed by atoms with Gasteiger partial charge in [-0.15, -0.1) is 0 Å². The largest absolute Gasteiger partial charge is 0.342 e. The van der Waals surface area contributed by atoms with E-state index >= 15 is 0 Å². The normalized spacial score (nSPS) is 24.1. The molecule has 0 atom stereocenters. The standard InChI is InChI=1S/C14H26N2O/c17-14(16-11-7-3-4-8-12-16)13-15-9-5-1-2-6-10-15/h1-13H2. The van der Waals surface area contributed by atoms with Crippen molar-refractivity contribution in [3.63, 3.8) is 0 Å². The fraction of sp³-hybridized carbons (Fsp3) is 0.929. The smallest absolute Gasteiger partial charge is 0.236 e. The molecule has 2 aliphatic rings. The lowest BCUT2D eigenvalue weighted by Gasteiger charge is -2.25. The second kappa shape index (κ2) is 7.00. The maximum absolute atomic E-state index is 12.2. The number of hydrogen-bond donors (Lipinski definition) is 0. The maximum atomic E-state index is 12.2. The summed E-state index contributed by atoms with van der Waals surface area (Å²) in [5.41, 5.74) is 0. The molecule has 1 amide bonds. The minimum absolute atomic E-state index is 0.369. The van der Waals surface area contributed by atoms with Crippen LogP contribution in [0.2, 0.25) is 0 Å². The first-order valence-corrected chi connectivity index (χ1v) is 7.36. The third-order valence-corrected chi connectivity index (χ3v) is 4.02. The predicted molar refractivity (Wildman–Crippen MR) is 70.0 cm³/mol. The molecule has 3 heteroatoms. The Morgan fingerprint density at radius 3 is 1.71 bits per heavy atom. The molecule has 0 unspecified atom stereocenters. The quantitative estimate of drug-likeness (QED) is 0.737. The van der Waals surface area contributed by atoms with Gasteiger partial charge in [-0.1, -0.05) is 25.7 Å². The van der Waals surface area contributed by atoms with E-state index in [0.717, 1.165) is 26.2 Å². The highest BCUT2D eigenvalue weighted by atomic mass is 16.2. The summed E-state index contributed by atoms with van der Waals surface area (Å²) in [7, 11) is 0. The van der Waals surface area contributed by atoms with Gasteiger partial charge in [0, 0.05) is 13.1 Å². The van der Waals surface area contributed by atoms with E-state index in [2.05, 4.69) is 9.80 Å². The van der Waals surface area contributed by atoms with E-state index < -0.39 is 0 Å². The zero-order chi connectivity index (χ0) is 11.9. The Morgan fingerprint density at radius 2 is 1.18 bits per heavy atom. The van der Waals surface area contributed by atoms with Crippen LogP contribution in [0.25, 0.3) is 0 Å². The van der Waals surface area contributed by atoms with Gasteiger partial charge in [0.15, 0.2) is 0 Å². The Bertz CT molecular complexity index is 226. The average molecular weight is 238 g/mol. The van der Waals surface area contributed by atoms with Crippen LogP contribution in [0.1, 0.15) is 51.4 Å². The molecular weight excluding hydrogens is 212 g/mol. The van der Waals surface area contributed by atoms with Crippen LogP contribution in [0.4, 0.5) is 0 Å². The van der Waals surface area contributed by atoms with Crippen molar-refractivity contribution in [2.24, 2.45) is 0 Å². The maximum Gasteiger partial charge on any atom is 0.236 e. The van der Waals surface area contributed by atoms with Gasteiger partial charge in [0.1, 0.15) is 0 Å². The Morgan fingerprint density at radius 1 is 0.706 bits per heavy atom. The van der Waals surface area contributed by atoms with E-state index in [1.54, 1.807) is 0 Å². The first kappa shape index (κ1) is 12.9. The van der Waals surface area contributed by atoms with Crippen LogP contribution in [-0.2, 0) is 4.79 Å². The number of likely N-dealkylation sites (tertiary alicyclic amines) is 2. The van der Waals surface area contributed by atoms with E-state index in [9.17, 15) is 4.79 Å². The lowest BCUT2D eigenvalue weighted by Crippen LogP contribution is -2.41. The second-order valence-corrected chi connectivity index (χ2v) is 5.49. The fourth-order valence-corrected chi connectivity index (χ4v) is 2.91. The molecule has 2 heterocycles. The van der Waals surface area contributed by atoms with Gasteiger partial charge in [-0.25, -0.2) is 0 Å². The van der Waals surface area contributed by atoms with Crippen LogP contribution in [0.15, 0.2) is 0 Å². The van der Waals surface area contributed by atoms with Crippen molar-refractivity contribution in [1.29, 1.82) is 0 Å². The SMILES string of the molecule is O=C(CN1CCCCCC1)N1CCCCCC1. The zero-order valence-corrected chi connectivity index (χ0v) is 11.0. The summed E-state index contributed by atoms with van der Waals surface area (Å²) < 4.78 is 0. The minimum Gasteiger partial charge on any atom is -0.342 e. The van der Waals surface area contributed by atoms with Gasteiger partial charge < -0.3 is 4.90 Å². The summed E-state index contributed by atoms with van der Waals surface area (Å²) in [6.45, 7) is 4.90. The third-order valence-electron chi connectivity index (χ3n) is 4.02. The number of hydrogen-bond acceptors (Lipinski definition) is 2. The van der Waals surface area contributed by atoms with Crippen molar-refractivity contribution in [2.45, 2.75) is 51.4 Å². The third kappa shape index (κ3) is 4.30. The highest BCUT2D eigenvalue weighted by molar-refractivity contribution is 5.78. The summed E-state index contributed by atoms with van der Waals surface area (Å²) >= 11 is 0. The Balaban J connectivity index is 1.77. The fourth-order valence-electron chi connectivity index (χ4n) is 2.91. The van der Waals surface area contributed by atoms with Crippen LogP contribution >= 0.6 is 0 Å². The molecule has 0 aromatic carbocycles. The topological polar surface area (TPSA) is 23.6 Å².